The molecule has 4 rings (SSSR count). The van der Waals surface area contributed by atoms with Gasteiger partial charge in [0.25, 0.3) is 5.91 Å². The minimum absolute atomic E-state index is 0.0224. The van der Waals surface area contributed by atoms with Gasteiger partial charge in [-0.1, -0.05) is 38.0 Å². The van der Waals surface area contributed by atoms with Crippen LogP contribution in [-0.4, -0.2) is 64.0 Å². The highest BCUT2D eigenvalue weighted by Gasteiger charge is 2.21. The number of hydrogen-bond acceptors (Lipinski definition) is 8. The lowest BCUT2D eigenvalue weighted by Gasteiger charge is -2.34. The number of carbonyl (C=O) groups excluding carboxylic acids is 3. The molecule has 1 fully saturated rings. The van der Waals surface area contributed by atoms with Crippen LogP contribution in [0.5, 0.6) is 0 Å². The van der Waals surface area contributed by atoms with Gasteiger partial charge < -0.3 is 19.5 Å². The zero-order chi connectivity index (χ0) is 25.9. The third-order valence-corrected chi connectivity index (χ3v) is 5.91. The zero-order valence-electron chi connectivity index (χ0n) is 20.7. The van der Waals surface area contributed by atoms with Crippen molar-refractivity contribution in [1.82, 2.24) is 20.1 Å². The van der Waals surface area contributed by atoms with E-state index in [1.807, 2.05) is 12.1 Å². The summed E-state index contributed by atoms with van der Waals surface area (Å²) in [6.45, 7) is 10.5. The van der Waals surface area contributed by atoms with E-state index in [1.54, 1.807) is 36.1 Å². The normalized spacial score (nSPS) is 13.9. The van der Waals surface area contributed by atoms with E-state index in [4.69, 9.17) is 4.42 Å². The van der Waals surface area contributed by atoms with Gasteiger partial charge in [-0.15, -0.1) is 5.10 Å². The fraction of sp³-hybridized carbons (Fsp3) is 0.360. The average Bonchev–Trinajstić information content (AvgIpc) is 3.33. The van der Waals surface area contributed by atoms with Crippen LogP contribution in [0.2, 0.25) is 0 Å². The Kier molecular flexibility index (Phi) is 7.00. The van der Waals surface area contributed by atoms with Crippen molar-refractivity contribution in [3.63, 3.8) is 0 Å². The largest absolute Gasteiger partial charge is 0.399 e. The molecule has 188 valence electrons. The Morgan fingerprint density at radius 3 is 2.17 bits per heavy atom. The summed E-state index contributed by atoms with van der Waals surface area (Å²) in [5.74, 6) is -0.511. The van der Waals surface area contributed by atoms with Crippen molar-refractivity contribution >= 4 is 35.2 Å². The maximum Gasteiger partial charge on any atom is 0.322 e. The van der Waals surface area contributed by atoms with E-state index in [1.165, 1.54) is 6.20 Å². The molecule has 0 aliphatic carbocycles. The van der Waals surface area contributed by atoms with Crippen LogP contribution in [0.15, 0.2) is 47.0 Å². The van der Waals surface area contributed by atoms with E-state index in [0.29, 0.717) is 37.4 Å². The van der Waals surface area contributed by atoms with Gasteiger partial charge in [0.15, 0.2) is 0 Å². The first-order chi connectivity index (χ1) is 17.1. The molecule has 0 saturated carbocycles. The Morgan fingerprint density at radius 2 is 1.58 bits per heavy atom. The second kappa shape index (κ2) is 10.1. The Bertz CT molecular complexity index is 1240. The summed E-state index contributed by atoms with van der Waals surface area (Å²) in [7, 11) is 0. The molecule has 2 N–H and O–H groups in total. The number of amides is 3. The first kappa shape index (κ1) is 24.8. The van der Waals surface area contributed by atoms with Gasteiger partial charge in [-0.2, -0.15) is 0 Å². The molecular formula is C25H29N7O4. The lowest BCUT2D eigenvalue weighted by molar-refractivity contribution is -0.129. The average molecular weight is 492 g/mol. The number of anilines is 3. The Hall–Kier alpha value is -4.28. The maximum absolute atomic E-state index is 12.5. The highest BCUT2D eigenvalue weighted by Crippen LogP contribution is 2.22. The Balaban J connectivity index is 1.32. The molecule has 11 nitrogen and oxygen atoms in total. The highest BCUT2D eigenvalue weighted by atomic mass is 16.4. The van der Waals surface area contributed by atoms with Crippen molar-refractivity contribution < 1.29 is 18.8 Å². The molecule has 1 saturated heterocycles. The van der Waals surface area contributed by atoms with Crippen molar-refractivity contribution in [3.05, 3.63) is 59.6 Å². The molecule has 0 unspecified atom stereocenters. The predicted molar refractivity (Wildman–Crippen MR) is 134 cm³/mol. The Labute approximate surface area is 208 Å². The summed E-state index contributed by atoms with van der Waals surface area (Å²) in [5, 5.41) is 12.6. The Morgan fingerprint density at radius 1 is 0.889 bits per heavy atom. The first-order valence-corrected chi connectivity index (χ1v) is 11.6. The highest BCUT2D eigenvalue weighted by molar-refractivity contribution is 6.04. The van der Waals surface area contributed by atoms with Gasteiger partial charge in [0.2, 0.25) is 5.91 Å². The fourth-order valence-electron chi connectivity index (χ4n) is 3.74. The SMILES string of the molecule is CC(=O)N1CCN(c2ccc(NC(=O)c3nnc(NC(=O)c4ccc(C(C)(C)C)cc4)o3)cn2)CC1. The van der Waals surface area contributed by atoms with E-state index in [-0.39, 0.29) is 23.2 Å². The number of aromatic nitrogens is 3. The number of rotatable bonds is 5. The van der Waals surface area contributed by atoms with Gasteiger partial charge in [-0.05, 0) is 35.2 Å². The summed E-state index contributed by atoms with van der Waals surface area (Å²) >= 11 is 0. The fourth-order valence-corrected chi connectivity index (χ4v) is 3.74. The molecule has 3 aromatic rings. The van der Waals surface area contributed by atoms with Gasteiger partial charge in [-0.3, -0.25) is 19.7 Å². The third-order valence-electron chi connectivity index (χ3n) is 5.91. The van der Waals surface area contributed by atoms with Crippen LogP contribution < -0.4 is 15.5 Å². The van der Waals surface area contributed by atoms with Crippen LogP contribution in [0, 0.1) is 0 Å². The number of piperazine rings is 1. The summed E-state index contributed by atoms with van der Waals surface area (Å²) < 4.78 is 5.31. The molecule has 0 spiro atoms. The van der Waals surface area contributed by atoms with Gasteiger partial charge in [0, 0.05) is 38.7 Å². The van der Waals surface area contributed by atoms with Crippen LogP contribution in [0.4, 0.5) is 17.5 Å². The second-order valence-corrected chi connectivity index (χ2v) is 9.55. The molecule has 0 radical (unpaired) electrons. The van der Waals surface area contributed by atoms with Crippen molar-refractivity contribution in [2.24, 2.45) is 0 Å². The summed E-state index contributed by atoms with van der Waals surface area (Å²) in [5.41, 5.74) is 1.97. The molecule has 1 aliphatic heterocycles. The van der Waals surface area contributed by atoms with Gasteiger partial charge in [0.05, 0.1) is 11.9 Å². The molecule has 1 aliphatic rings. The number of pyridine rings is 1. The molecule has 11 heteroatoms. The lowest BCUT2D eigenvalue weighted by Crippen LogP contribution is -2.48. The van der Waals surface area contributed by atoms with Crippen LogP contribution in [0.3, 0.4) is 0 Å². The zero-order valence-corrected chi connectivity index (χ0v) is 20.7. The monoisotopic (exact) mass is 491 g/mol. The maximum atomic E-state index is 12.5. The van der Waals surface area contributed by atoms with Crippen LogP contribution >= 0.6 is 0 Å². The standard InChI is InChI=1S/C25H29N7O4/c1-16(33)31-11-13-32(14-12-31)20-10-9-19(15-26-20)27-22(35)23-29-30-24(36-23)28-21(34)17-5-7-18(8-6-17)25(2,3)4/h5-10,15H,11-14H2,1-4H3,(H,27,35)(H,28,30,34). The van der Waals surface area contributed by atoms with E-state index >= 15 is 0 Å². The second-order valence-electron chi connectivity index (χ2n) is 9.55. The summed E-state index contributed by atoms with van der Waals surface area (Å²) in [6, 6.07) is 10.6. The third kappa shape index (κ3) is 5.85. The van der Waals surface area contributed by atoms with Crippen LogP contribution in [0.1, 0.15) is 54.3 Å². The van der Waals surface area contributed by atoms with Crippen molar-refractivity contribution in [1.29, 1.82) is 0 Å². The van der Waals surface area contributed by atoms with E-state index in [9.17, 15) is 14.4 Å². The molecule has 36 heavy (non-hydrogen) atoms. The topological polar surface area (TPSA) is 134 Å². The molecule has 3 heterocycles. The van der Waals surface area contributed by atoms with Gasteiger partial charge >= 0.3 is 17.8 Å². The van der Waals surface area contributed by atoms with Crippen molar-refractivity contribution in [3.8, 4) is 0 Å². The number of hydrogen-bond donors (Lipinski definition) is 2. The van der Waals surface area contributed by atoms with Crippen molar-refractivity contribution in [2.45, 2.75) is 33.1 Å². The molecule has 0 bridgehead atoms. The number of carbonyl (C=O) groups is 3. The minimum atomic E-state index is -0.623. The number of benzene rings is 1. The number of nitrogens with zero attached hydrogens (tertiary/aromatic N) is 5. The van der Waals surface area contributed by atoms with E-state index < -0.39 is 11.8 Å². The van der Waals surface area contributed by atoms with Gasteiger partial charge in [-0.25, -0.2) is 4.98 Å². The smallest absolute Gasteiger partial charge is 0.322 e. The molecule has 2 aromatic heterocycles. The van der Waals surface area contributed by atoms with E-state index in [2.05, 4.69) is 51.5 Å². The minimum Gasteiger partial charge on any atom is -0.399 e. The first-order valence-electron chi connectivity index (χ1n) is 11.6. The molecule has 1 aromatic carbocycles. The lowest BCUT2D eigenvalue weighted by atomic mass is 9.87. The van der Waals surface area contributed by atoms with Crippen molar-refractivity contribution in [2.75, 3.05) is 41.7 Å². The molecule has 0 atom stereocenters. The van der Waals surface area contributed by atoms with Gasteiger partial charge in [0.1, 0.15) is 5.82 Å². The molecule has 3 amide bonds. The predicted octanol–water partition coefficient (Wildman–Crippen LogP) is 2.94. The molecular weight excluding hydrogens is 462 g/mol. The quantitative estimate of drug-likeness (QED) is 0.557. The summed E-state index contributed by atoms with van der Waals surface area (Å²) in [6.07, 6.45) is 1.53. The van der Waals surface area contributed by atoms with Crippen LogP contribution in [0.25, 0.3) is 0 Å². The van der Waals surface area contributed by atoms with Crippen LogP contribution in [-0.2, 0) is 10.2 Å². The number of nitrogens with one attached hydrogen (secondary N) is 2. The van der Waals surface area contributed by atoms with E-state index in [0.717, 1.165) is 11.4 Å². The summed E-state index contributed by atoms with van der Waals surface area (Å²) in [4.78, 5) is 44.8.